The fourth-order valence-electron chi connectivity index (χ4n) is 2.07. The second kappa shape index (κ2) is 6.35. The molecule has 0 fully saturated rings. The summed E-state index contributed by atoms with van der Waals surface area (Å²) >= 11 is 0. The van der Waals surface area contributed by atoms with E-state index in [9.17, 15) is 0 Å². The SMILES string of the molecule is CCCN(CC)CCNc1nccn2nccc12. The third-order valence-corrected chi connectivity index (χ3v) is 3.03. The van der Waals surface area contributed by atoms with Gasteiger partial charge in [0.25, 0.3) is 0 Å². The smallest absolute Gasteiger partial charge is 0.152 e. The van der Waals surface area contributed by atoms with E-state index < -0.39 is 0 Å². The number of fused-ring (bicyclic) bond motifs is 1. The van der Waals surface area contributed by atoms with Crippen LogP contribution in [0.3, 0.4) is 0 Å². The molecule has 0 saturated heterocycles. The molecule has 2 aromatic rings. The first kappa shape index (κ1) is 12.8. The highest BCUT2D eigenvalue weighted by Crippen LogP contribution is 2.11. The summed E-state index contributed by atoms with van der Waals surface area (Å²) in [6, 6.07) is 1.97. The molecular formula is C13H21N5. The molecule has 5 nitrogen and oxygen atoms in total. The zero-order valence-electron chi connectivity index (χ0n) is 11.1. The summed E-state index contributed by atoms with van der Waals surface area (Å²) in [6.45, 7) is 8.62. The van der Waals surface area contributed by atoms with Gasteiger partial charge >= 0.3 is 0 Å². The topological polar surface area (TPSA) is 45.5 Å². The van der Waals surface area contributed by atoms with E-state index in [4.69, 9.17) is 0 Å². The number of rotatable bonds is 7. The molecule has 0 unspecified atom stereocenters. The van der Waals surface area contributed by atoms with Crippen molar-refractivity contribution in [3.63, 3.8) is 0 Å². The van der Waals surface area contributed by atoms with E-state index in [1.54, 1.807) is 12.4 Å². The fraction of sp³-hybridized carbons (Fsp3) is 0.538. The van der Waals surface area contributed by atoms with Crippen LogP contribution in [-0.4, -0.2) is 45.7 Å². The molecule has 2 rings (SSSR count). The molecule has 0 saturated carbocycles. The minimum absolute atomic E-state index is 0.905. The van der Waals surface area contributed by atoms with Crippen molar-refractivity contribution in [2.24, 2.45) is 0 Å². The largest absolute Gasteiger partial charge is 0.367 e. The Bertz CT molecular complexity index is 479. The van der Waals surface area contributed by atoms with Gasteiger partial charge in [-0.3, -0.25) is 0 Å². The molecule has 0 aliphatic carbocycles. The number of aromatic nitrogens is 3. The summed E-state index contributed by atoms with van der Waals surface area (Å²) in [5.41, 5.74) is 1.02. The predicted octanol–water partition coefficient (Wildman–Crippen LogP) is 1.87. The quantitative estimate of drug-likeness (QED) is 0.811. The van der Waals surface area contributed by atoms with Crippen LogP contribution in [0.4, 0.5) is 5.82 Å². The van der Waals surface area contributed by atoms with Crippen LogP contribution in [0.5, 0.6) is 0 Å². The summed E-state index contributed by atoms with van der Waals surface area (Å²) in [5, 5.41) is 7.58. The van der Waals surface area contributed by atoms with Crippen LogP contribution < -0.4 is 5.32 Å². The first-order valence-electron chi connectivity index (χ1n) is 6.59. The molecule has 0 atom stereocenters. The molecule has 0 radical (unpaired) electrons. The molecule has 18 heavy (non-hydrogen) atoms. The van der Waals surface area contributed by atoms with Gasteiger partial charge in [0.2, 0.25) is 0 Å². The highest BCUT2D eigenvalue weighted by molar-refractivity contribution is 5.66. The number of likely N-dealkylation sites (N-methyl/N-ethyl adjacent to an activating group) is 1. The van der Waals surface area contributed by atoms with Crippen LogP contribution >= 0.6 is 0 Å². The molecule has 0 aromatic carbocycles. The second-order valence-electron chi connectivity index (χ2n) is 4.30. The Morgan fingerprint density at radius 3 is 2.94 bits per heavy atom. The predicted molar refractivity (Wildman–Crippen MR) is 73.9 cm³/mol. The maximum atomic E-state index is 4.36. The Labute approximate surface area is 108 Å². The second-order valence-corrected chi connectivity index (χ2v) is 4.30. The monoisotopic (exact) mass is 247 g/mol. The third-order valence-electron chi connectivity index (χ3n) is 3.03. The Balaban J connectivity index is 1.92. The Morgan fingerprint density at radius 2 is 2.17 bits per heavy atom. The molecule has 0 amide bonds. The van der Waals surface area contributed by atoms with Gasteiger partial charge in [-0.25, -0.2) is 9.50 Å². The van der Waals surface area contributed by atoms with Gasteiger partial charge in [-0.2, -0.15) is 5.10 Å². The van der Waals surface area contributed by atoms with Crippen LogP contribution in [0, 0.1) is 0 Å². The van der Waals surface area contributed by atoms with Gasteiger partial charge in [0.1, 0.15) is 5.52 Å². The van der Waals surface area contributed by atoms with E-state index in [0.717, 1.165) is 37.5 Å². The number of nitrogens with zero attached hydrogens (tertiary/aromatic N) is 4. The molecule has 5 heteroatoms. The van der Waals surface area contributed by atoms with Gasteiger partial charge in [-0.05, 0) is 25.6 Å². The molecule has 0 bridgehead atoms. The lowest BCUT2D eigenvalue weighted by atomic mass is 10.4. The Kier molecular flexibility index (Phi) is 4.52. The van der Waals surface area contributed by atoms with Crippen molar-refractivity contribution in [2.75, 3.05) is 31.5 Å². The van der Waals surface area contributed by atoms with Crippen LogP contribution in [0.15, 0.2) is 24.7 Å². The molecular weight excluding hydrogens is 226 g/mol. The average Bonchev–Trinajstić information content (AvgIpc) is 2.86. The van der Waals surface area contributed by atoms with Crippen molar-refractivity contribution in [1.82, 2.24) is 19.5 Å². The van der Waals surface area contributed by atoms with E-state index >= 15 is 0 Å². The van der Waals surface area contributed by atoms with E-state index in [1.807, 2.05) is 16.8 Å². The summed E-state index contributed by atoms with van der Waals surface area (Å²) in [4.78, 5) is 6.79. The molecule has 2 aromatic heterocycles. The first-order valence-corrected chi connectivity index (χ1v) is 6.59. The van der Waals surface area contributed by atoms with Crippen molar-refractivity contribution in [3.05, 3.63) is 24.7 Å². The van der Waals surface area contributed by atoms with Crippen molar-refractivity contribution >= 4 is 11.3 Å². The molecule has 1 N–H and O–H groups in total. The summed E-state index contributed by atoms with van der Waals surface area (Å²) in [7, 11) is 0. The van der Waals surface area contributed by atoms with Crippen molar-refractivity contribution in [2.45, 2.75) is 20.3 Å². The Morgan fingerprint density at radius 1 is 1.28 bits per heavy atom. The minimum atomic E-state index is 0.905. The van der Waals surface area contributed by atoms with Crippen molar-refractivity contribution in [3.8, 4) is 0 Å². The van der Waals surface area contributed by atoms with E-state index in [0.29, 0.717) is 0 Å². The fourth-order valence-corrected chi connectivity index (χ4v) is 2.07. The van der Waals surface area contributed by atoms with Crippen LogP contribution in [0.2, 0.25) is 0 Å². The molecule has 98 valence electrons. The summed E-state index contributed by atoms with van der Waals surface area (Å²) in [6.07, 6.45) is 6.61. The molecule has 0 aliphatic rings. The van der Waals surface area contributed by atoms with Crippen LogP contribution in [0.1, 0.15) is 20.3 Å². The zero-order chi connectivity index (χ0) is 12.8. The van der Waals surface area contributed by atoms with Gasteiger partial charge < -0.3 is 10.2 Å². The number of hydrogen-bond donors (Lipinski definition) is 1. The van der Waals surface area contributed by atoms with Gasteiger partial charge in [-0.1, -0.05) is 13.8 Å². The molecule has 0 aliphatic heterocycles. The molecule has 0 spiro atoms. The average molecular weight is 247 g/mol. The van der Waals surface area contributed by atoms with E-state index in [2.05, 4.69) is 34.1 Å². The number of nitrogens with one attached hydrogen (secondary N) is 1. The van der Waals surface area contributed by atoms with Crippen molar-refractivity contribution < 1.29 is 0 Å². The summed E-state index contributed by atoms with van der Waals surface area (Å²) in [5.74, 6) is 0.905. The van der Waals surface area contributed by atoms with Crippen LogP contribution in [-0.2, 0) is 0 Å². The van der Waals surface area contributed by atoms with Gasteiger partial charge in [0.05, 0.1) is 6.20 Å². The maximum Gasteiger partial charge on any atom is 0.152 e. The molecule has 2 heterocycles. The third kappa shape index (κ3) is 2.98. The zero-order valence-corrected chi connectivity index (χ0v) is 11.1. The van der Waals surface area contributed by atoms with E-state index in [1.165, 1.54) is 6.42 Å². The summed E-state index contributed by atoms with van der Waals surface area (Å²) < 4.78 is 1.83. The lowest BCUT2D eigenvalue weighted by molar-refractivity contribution is 0.300. The van der Waals surface area contributed by atoms with Gasteiger partial charge in [0.15, 0.2) is 5.82 Å². The highest BCUT2D eigenvalue weighted by atomic mass is 15.2. The van der Waals surface area contributed by atoms with Gasteiger partial charge in [0, 0.05) is 25.5 Å². The Hall–Kier alpha value is -1.62. The standard InChI is InChI=1S/C13H21N5/c1-3-9-17(4-2)10-7-14-13-12-5-6-16-18(12)11-8-15-13/h5-6,8,11H,3-4,7,9-10H2,1-2H3,(H,14,15). The number of anilines is 1. The van der Waals surface area contributed by atoms with Crippen molar-refractivity contribution in [1.29, 1.82) is 0 Å². The van der Waals surface area contributed by atoms with Gasteiger partial charge in [-0.15, -0.1) is 0 Å². The van der Waals surface area contributed by atoms with Crippen LogP contribution in [0.25, 0.3) is 5.52 Å². The minimum Gasteiger partial charge on any atom is -0.367 e. The first-order chi connectivity index (χ1) is 8.85. The highest BCUT2D eigenvalue weighted by Gasteiger charge is 2.04. The lowest BCUT2D eigenvalue weighted by Gasteiger charge is -2.19. The lowest BCUT2D eigenvalue weighted by Crippen LogP contribution is -2.29. The van der Waals surface area contributed by atoms with E-state index in [-0.39, 0.29) is 0 Å². The normalized spacial score (nSPS) is 11.3. The number of hydrogen-bond acceptors (Lipinski definition) is 4. The maximum absolute atomic E-state index is 4.36.